The highest BCUT2D eigenvalue weighted by Crippen LogP contribution is 2.19. The van der Waals surface area contributed by atoms with Crippen molar-refractivity contribution in [1.29, 1.82) is 0 Å². The number of nitrogens with zero attached hydrogens (tertiary/aromatic N) is 2. The second kappa shape index (κ2) is 9.16. The molecule has 1 unspecified atom stereocenters. The highest BCUT2D eigenvalue weighted by atomic mass is 127. The van der Waals surface area contributed by atoms with Crippen molar-refractivity contribution in [3.8, 4) is 5.75 Å². The van der Waals surface area contributed by atoms with Crippen LogP contribution in [0.3, 0.4) is 0 Å². The molecule has 0 bridgehead atoms. The first-order valence-corrected chi connectivity index (χ1v) is 9.99. The molecule has 1 aliphatic heterocycles. The highest BCUT2D eigenvalue weighted by Gasteiger charge is 2.28. The Morgan fingerprint density at radius 1 is 1.26 bits per heavy atom. The molecule has 1 aromatic carbocycles. The summed E-state index contributed by atoms with van der Waals surface area (Å²) in [5, 5.41) is 2.84. The van der Waals surface area contributed by atoms with Gasteiger partial charge in [0.25, 0.3) is 5.91 Å². The normalized spacial score (nSPS) is 16.7. The Morgan fingerprint density at radius 2 is 2.04 bits per heavy atom. The molecule has 0 radical (unpaired) electrons. The van der Waals surface area contributed by atoms with E-state index in [2.05, 4.69) is 32.9 Å². The molecule has 1 aromatic heterocycles. The van der Waals surface area contributed by atoms with E-state index in [-0.39, 0.29) is 24.3 Å². The Hall–Kier alpha value is -2.16. The van der Waals surface area contributed by atoms with Crippen LogP contribution in [0, 0.1) is 16.4 Å². The van der Waals surface area contributed by atoms with Crippen LogP contribution in [-0.4, -0.2) is 41.4 Å². The first-order valence-electron chi connectivity index (χ1n) is 8.91. The number of likely N-dealkylation sites (tertiary alicyclic amines) is 1. The summed E-state index contributed by atoms with van der Waals surface area (Å²) >= 11 is 2.22. The summed E-state index contributed by atoms with van der Waals surface area (Å²) in [6.07, 6.45) is 3.28. The summed E-state index contributed by atoms with van der Waals surface area (Å²) in [7, 11) is 0. The van der Waals surface area contributed by atoms with E-state index < -0.39 is 0 Å². The Bertz CT molecular complexity index is 793. The zero-order valence-corrected chi connectivity index (χ0v) is 17.3. The predicted octanol–water partition coefficient (Wildman–Crippen LogP) is 3.25. The molecule has 2 aromatic rings. The minimum absolute atomic E-state index is 0.0194. The molecular formula is C20H22IN3O3. The van der Waals surface area contributed by atoms with Gasteiger partial charge < -0.3 is 15.0 Å². The maximum absolute atomic E-state index is 12.5. The van der Waals surface area contributed by atoms with Crippen molar-refractivity contribution < 1.29 is 14.3 Å². The molecular weight excluding hydrogens is 457 g/mol. The molecule has 6 nitrogen and oxygen atoms in total. The first kappa shape index (κ1) is 19.6. The third kappa shape index (κ3) is 5.66. The van der Waals surface area contributed by atoms with E-state index in [0.29, 0.717) is 24.7 Å². The van der Waals surface area contributed by atoms with Gasteiger partial charge in [0.1, 0.15) is 11.6 Å². The molecule has 1 aliphatic rings. The maximum atomic E-state index is 12.5. The van der Waals surface area contributed by atoms with Crippen LogP contribution in [0.2, 0.25) is 0 Å². The minimum Gasteiger partial charge on any atom is -0.484 e. The molecule has 3 rings (SSSR count). The number of rotatable bonds is 5. The average molecular weight is 479 g/mol. The number of hydrogen-bond acceptors (Lipinski definition) is 4. The van der Waals surface area contributed by atoms with Gasteiger partial charge in [-0.3, -0.25) is 9.59 Å². The van der Waals surface area contributed by atoms with E-state index in [4.69, 9.17) is 4.74 Å². The number of piperidine rings is 1. The van der Waals surface area contributed by atoms with Gasteiger partial charge in [-0.15, -0.1) is 0 Å². The van der Waals surface area contributed by atoms with Gasteiger partial charge in [-0.05, 0) is 78.3 Å². The van der Waals surface area contributed by atoms with Crippen molar-refractivity contribution in [2.24, 2.45) is 5.92 Å². The molecule has 0 spiro atoms. The van der Waals surface area contributed by atoms with E-state index in [0.717, 1.165) is 22.0 Å². The Kier molecular flexibility index (Phi) is 6.65. The van der Waals surface area contributed by atoms with Gasteiger partial charge in [0, 0.05) is 22.9 Å². The maximum Gasteiger partial charge on any atom is 0.260 e. The summed E-state index contributed by atoms with van der Waals surface area (Å²) < 4.78 is 6.68. The lowest BCUT2D eigenvalue weighted by Crippen LogP contribution is -2.45. The van der Waals surface area contributed by atoms with E-state index in [9.17, 15) is 9.59 Å². The smallest absolute Gasteiger partial charge is 0.260 e. The van der Waals surface area contributed by atoms with E-state index in [1.165, 1.54) is 0 Å². The number of halogens is 1. The number of carbonyl (C=O) groups excluding carboxylic acids is 2. The van der Waals surface area contributed by atoms with Crippen molar-refractivity contribution in [2.75, 3.05) is 25.0 Å². The molecule has 0 aliphatic carbocycles. The molecule has 2 amide bonds. The molecule has 1 atom stereocenters. The van der Waals surface area contributed by atoms with Crippen LogP contribution in [0.25, 0.3) is 0 Å². The van der Waals surface area contributed by atoms with Gasteiger partial charge in [0.2, 0.25) is 5.91 Å². The zero-order valence-electron chi connectivity index (χ0n) is 15.2. The minimum atomic E-state index is -0.232. The molecule has 2 heterocycles. The summed E-state index contributed by atoms with van der Waals surface area (Å²) in [4.78, 5) is 30.9. The van der Waals surface area contributed by atoms with Crippen molar-refractivity contribution in [2.45, 2.75) is 19.8 Å². The fourth-order valence-corrected chi connectivity index (χ4v) is 3.31. The lowest BCUT2D eigenvalue weighted by molar-refractivity contribution is -0.136. The largest absolute Gasteiger partial charge is 0.484 e. The third-order valence-corrected chi connectivity index (χ3v) is 5.20. The fourth-order valence-electron chi connectivity index (χ4n) is 2.95. The third-order valence-electron chi connectivity index (χ3n) is 4.48. The van der Waals surface area contributed by atoms with Gasteiger partial charge >= 0.3 is 0 Å². The Balaban J connectivity index is 1.51. The lowest BCUT2D eigenvalue weighted by Gasteiger charge is -2.32. The van der Waals surface area contributed by atoms with Crippen LogP contribution in [-0.2, 0) is 9.59 Å². The topological polar surface area (TPSA) is 71.5 Å². The summed E-state index contributed by atoms with van der Waals surface area (Å²) in [5.41, 5.74) is 1.04. The first-order chi connectivity index (χ1) is 13.0. The van der Waals surface area contributed by atoms with Crippen LogP contribution in [0.4, 0.5) is 5.82 Å². The predicted molar refractivity (Wildman–Crippen MR) is 112 cm³/mol. The second-order valence-electron chi connectivity index (χ2n) is 6.63. The fraction of sp³-hybridized carbons (Fsp3) is 0.350. The van der Waals surface area contributed by atoms with Gasteiger partial charge in [-0.1, -0.05) is 6.07 Å². The van der Waals surface area contributed by atoms with Crippen LogP contribution >= 0.6 is 22.6 Å². The number of hydrogen-bond donors (Lipinski definition) is 1. The standard InChI is InChI=1S/C20H22IN3O3/c1-14-4-9-18(22-11-14)23-20(26)15-3-2-10-24(12-15)19(25)13-27-17-7-5-16(21)6-8-17/h4-9,11,15H,2-3,10,12-13H2,1H3,(H,22,23,26). The van der Waals surface area contributed by atoms with Crippen molar-refractivity contribution in [3.05, 3.63) is 51.7 Å². The number of aromatic nitrogens is 1. The number of benzene rings is 1. The number of nitrogens with one attached hydrogen (secondary N) is 1. The quantitative estimate of drug-likeness (QED) is 0.669. The number of anilines is 1. The number of pyridine rings is 1. The van der Waals surface area contributed by atoms with E-state index >= 15 is 0 Å². The number of amides is 2. The van der Waals surface area contributed by atoms with E-state index in [1.807, 2.05) is 37.3 Å². The van der Waals surface area contributed by atoms with Gasteiger partial charge in [-0.25, -0.2) is 4.98 Å². The van der Waals surface area contributed by atoms with Gasteiger partial charge in [0.15, 0.2) is 6.61 Å². The van der Waals surface area contributed by atoms with Crippen LogP contribution in [0.15, 0.2) is 42.6 Å². The van der Waals surface area contributed by atoms with Crippen molar-refractivity contribution in [3.63, 3.8) is 0 Å². The number of ether oxygens (including phenoxy) is 1. The number of aryl methyl sites for hydroxylation is 1. The molecule has 1 N–H and O–H groups in total. The molecule has 142 valence electrons. The Morgan fingerprint density at radius 3 is 2.74 bits per heavy atom. The summed E-state index contributed by atoms with van der Waals surface area (Å²) in [6, 6.07) is 11.2. The lowest BCUT2D eigenvalue weighted by atomic mass is 9.97. The summed E-state index contributed by atoms with van der Waals surface area (Å²) in [5.74, 6) is 0.780. The molecule has 7 heteroatoms. The summed E-state index contributed by atoms with van der Waals surface area (Å²) in [6.45, 7) is 2.99. The van der Waals surface area contributed by atoms with E-state index in [1.54, 1.807) is 17.2 Å². The zero-order chi connectivity index (χ0) is 19.2. The van der Waals surface area contributed by atoms with Gasteiger partial charge in [0.05, 0.1) is 5.92 Å². The monoisotopic (exact) mass is 479 g/mol. The number of carbonyl (C=O) groups is 2. The SMILES string of the molecule is Cc1ccc(NC(=O)C2CCCN(C(=O)COc3ccc(I)cc3)C2)nc1. The molecule has 27 heavy (non-hydrogen) atoms. The van der Waals surface area contributed by atoms with Crippen LogP contribution < -0.4 is 10.1 Å². The van der Waals surface area contributed by atoms with Crippen LogP contribution in [0.1, 0.15) is 18.4 Å². The van der Waals surface area contributed by atoms with Crippen molar-refractivity contribution >= 4 is 40.2 Å². The Labute approximate surface area is 172 Å². The molecule has 1 saturated heterocycles. The molecule has 0 saturated carbocycles. The van der Waals surface area contributed by atoms with Crippen molar-refractivity contribution in [1.82, 2.24) is 9.88 Å². The second-order valence-corrected chi connectivity index (χ2v) is 7.88. The highest BCUT2D eigenvalue weighted by molar-refractivity contribution is 14.1. The average Bonchev–Trinajstić information content (AvgIpc) is 2.69. The van der Waals surface area contributed by atoms with Gasteiger partial charge in [-0.2, -0.15) is 0 Å². The molecule has 1 fully saturated rings. The van der Waals surface area contributed by atoms with Crippen LogP contribution in [0.5, 0.6) is 5.75 Å².